The molecule has 180 valence electrons. The van der Waals surface area contributed by atoms with Gasteiger partial charge in [0.2, 0.25) is 5.91 Å². The van der Waals surface area contributed by atoms with Gasteiger partial charge in [-0.25, -0.2) is 9.59 Å². The van der Waals surface area contributed by atoms with Gasteiger partial charge in [0.15, 0.2) is 0 Å². The first-order valence-electron chi connectivity index (χ1n) is 11.7. The number of carboxylic acid groups (broad SMARTS) is 1. The van der Waals surface area contributed by atoms with Crippen molar-refractivity contribution in [3.05, 3.63) is 72.3 Å². The molecule has 2 atom stereocenters. The average molecular weight is 465 g/mol. The zero-order valence-electron chi connectivity index (χ0n) is 19.5. The monoisotopic (exact) mass is 464 g/mol. The third kappa shape index (κ3) is 6.04. The van der Waals surface area contributed by atoms with E-state index in [1.54, 1.807) is 6.08 Å². The zero-order chi connectivity index (χ0) is 24.5. The van der Waals surface area contributed by atoms with Gasteiger partial charge < -0.3 is 20.5 Å². The molecule has 0 fully saturated rings. The van der Waals surface area contributed by atoms with Gasteiger partial charge in [-0.1, -0.05) is 74.4 Å². The second kappa shape index (κ2) is 12.0. The number of carboxylic acids is 1. The summed E-state index contributed by atoms with van der Waals surface area (Å²) in [5, 5.41) is 14.6. The molecule has 1 aliphatic carbocycles. The molecule has 0 heterocycles. The highest BCUT2D eigenvalue weighted by Gasteiger charge is 2.30. The molecule has 3 rings (SSSR count). The van der Waals surface area contributed by atoms with E-state index >= 15 is 0 Å². The third-order valence-corrected chi connectivity index (χ3v) is 6.07. The summed E-state index contributed by atoms with van der Waals surface area (Å²) in [5.41, 5.74) is 4.46. The molecule has 7 heteroatoms. The molecule has 0 saturated heterocycles. The molecule has 34 heavy (non-hydrogen) atoms. The largest absolute Gasteiger partial charge is 0.480 e. The molecular formula is C27H32N2O5. The summed E-state index contributed by atoms with van der Waals surface area (Å²) < 4.78 is 5.56. The number of ether oxygens (including phenoxy) is 1. The van der Waals surface area contributed by atoms with Gasteiger partial charge in [-0.3, -0.25) is 4.79 Å². The maximum atomic E-state index is 12.8. The molecule has 0 radical (unpaired) electrons. The Balaban J connectivity index is 1.64. The Morgan fingerprint density at radius 1 is 1.00 bits per heavy atom. The number of hydrogen-bond donors (Lipinski definition) is 3. The summed E-state index contributed by atoms with van der Waals surface area (Å²) in [6.07, 6.45) is 3.51. The summed E-state index contributed by atoms with van der Waals surface area (Å²) in [6.45, 7) is 5.70. The molecule has 2 amide bonds. The third-order valence-electron chi connectivity index (χ3n) is 6.07. The summed E-state index contributed by atoms with van der Waals surface area (Å²) in [4.78, 5) is 36.9. The molecule has 1 unspecified atom stereocenters. The summed E-state index contributed by atoms with van der Waals surface area (Å²) in [6, 6.07) is 14.2. The van der Waals surface area contributed by atoms with Crippen molar-refractivity contribution in [1.29, 1.82) is 0 Å². The maximum absolute atomic E-state index is 12.8. The van der Waals surface area contributed by atoms with E-state index in [2.05, 4.69) is 29.3 Å². The molecular weight excluding hydrogens is 432 g/mol. The number of alkyl carbamates (subject to hydrolysis) is 1. The first-order chi connectivity index (χ1) is 16.5. The molecule has 2 aromatic rings. The van der Waals surface area contributed by atoms with Gasteiger partial charge in [0.1, 0.15) is 18.7 Å². The molecule has 0 bridgehead atoms. The van der Waals surface area contributed by atoms with Crippen LogP contribution in [0.25, 0.3) is 11.1 Å². The van der Waals surface area contributed by atoms with Crippen LogP contribution in [0.4, 0.5) is 4.79 Å². The number of carbonyl (C=O) groups is 3. The van der Waals surface area contributed by atoms with Crippen LogP contribution in [-0.2, 0) is 14.3 Å². The van der Waals surface area contributed by atoms with E-state index < -0.39 is 30.1 Å². The standard InChI is InChI=1S/C27H32N2O5/c1-3-5-15-23(25(30)28-24(26(31)32)16-6-4-2)29-27(33)34-17-22-20-13-9-7-11-18(20)19-12-8-10-14-21(19)22/h4,7-14,22-24H,2-3,5-6,15-17H2,1H3,(H,28,30)(H,29,33)(H,31,32)/t23-,24?/m0/s1. The number of amides is 2. The van der Waals surface area contributed by atoms with Gasteiger partial charge in [-0.2, -0.15) is 0 Å². The van der Waals surface area contributed by atoms with Crippen LogP contribution in [0.15, 0.2) is 61.2 Å². The molecule has 0 aromatic heterocycles. The first-order valence-corrected chi connectivity index (χ1v) is 11.7. The number of nitrogens with one attached hydrogen (secondary N) is 2. The van der Waals surface area contributed by atoms with E-state index in [1.165, 1.54) is 0 Å². The second-order valence-electron chi connectivity index (χ2n) is 8.43. The van der Waals surface area contributed by atoms with Crippen LogP contribution in [0, 0.1) is 0 Å². The van der Waals surface area contributed by atoms with Gasteiger partial charge >= 0.3 is 12.1 Å². The Labute approximate surface area is 200 Å². The van der Waals surface area contributed by atoms with Crippen LogP contribution in [0.3, 0.4) is 0 Å². The minimum atomic E-state index is -1.12. The predicted molar refractivity (Wildman–Crippen MR) is 131 cm³/mol. The Hall–Kier alpha value is -3.61. The number of allylic oxidation sites excluding steroid dienone is 1. The van der Waals surface area contributed by atoms with Gasteiger partial charge in [0.25, 0.3) is 0 Å². The van der Waals surface area contributed by atoms with Crippen LogP contribution >= 0.6 is 0 Å². The van der Waals surface area contributed by atoms with E-state index in [4.69, 9.17) is 4.74 Å². The normalized spacial score (nSPS) is 13.8. The highest BCUT2D eigenvalue weighted by atomic mass is 16.5. The second-order valence-corrected chi connectivity index (χ2v) is 8.43. The smallest absolute Gasteiger partial charge is 0.407 e. The lowest BCUT2D eigenvalue weighted by Gasteiger charge is -2.22. The lowest BCUT2D eigenvalue weighted by atomic mass is 9.98. The lowest BCUT2D eigenvalue weighted by Crippen LogP contribution is -2.51. The van der Waals surface area contributed by atoms with Crippen molar-refractivity contribution >= 4 is 18.0 Å². The number of unbranched alkanes of at least 4 members (excludes halogenated alkanes) is 1. The van der Waals surface area contributed by atoms with Crippen LogP contribution in [0.5, 0.6) is 0 Å². The zero-order valence-corrected chi connectivity index (χ0v) is 19.5. The fraction of sp³-hybridized carbons (Fsp3) is 0.370. The van der Waals surface area contributed by atoms with Gasteiger partial charge in [-0.15, -0.1) is 6.58 Å². The van der Waals surface area contributed by atoms with Crippen molar-refractivity contribution in [2.24, 2.45) is 0 Å². The van der Waals surface area contributed by atoms with E-state index in [9.17, 15) is 19.5 Å². The number of benzene rings is 2. The van der Waals surface area contributed by atoms with Gasteiger partial charge in [-0.05, 0) is 41.5 Å². The van der Waals surface area contributed by atoms with Crippen LogP contribution in [-0.4, -0.2) is 41.8 Å². The van der Waals surface area contributed by atoms with E-state index in [0.717, 1.165) is 28.7 Å². The minimum Gasteiger partial charge on any atom is -0.480 e. The van der Waals surface area contributed by atoms with Crippen molar-refractivity contribution < 1.29 is 24.2 Å². The van der Waals surface area contributed by atoms with Gasteiger partial charge in [0, 0.05) is 5.92 Å². The summed E-state index contributed by atoms with van der Waals surface area (Å²) in [7, 11) is 0. The topological polar surface area (TPSA) is 105 Å². The number of aliphatic carboxylic acids is 1. The molecule has 0 spiro atoms. The SMILES string of the molecule is C=CCCC(NC(=O)[C@H](CCCC)NC(=O)OCC1c2ccccc2-c2ccccc21)C(=O)O. The van der Waals surface area contributed by atoms with Crippen molar-refractivity contribution in [3.8, 4) is 11.1 Å². The van der Waals surface area contributed by atoms with Crippen LogP contribution < -0.4 is 10.6 Å². The maximum Gasteiger partial charge on any atom is 0.407 e. The number of carbonyl (C=O) groups excluding carboxylic acids is 2. The highest BCUT2D eigenvalue weighted by molar-refractivity contribution is 5.89. The summed E-state index contributed by atoms with van der Waals surface area (Å²) in [5.74, 6) is -1.74. The van der Waals surface area contributed by atoms with Crippen LogP contribution in [0.2, 0.25) is 0 Å². The van der Waals surface area contributed by atoms with Gasteiger partial charge in [0.05, 0.1) is 0 Å². The molecule has 1 aliphatic rings. The Bertz CT molecular complexity index is 990. The minimum absolute atomic E-state index is 0.0867. The Morgan fingerprint density at radius 3 is 2.18 bits per heavy atom. The van der Waals surface area contributed by atoms with E-state index in [0.29, 0.717) is 19.3 Å². The fourth-order valence-corrected chi connectivity index (χ4v) is 4.27. The lowest BCUT2D eigenvalue weighted by molar-refractivity contribution is -0.142. The molecule has 7 nitrogen and oxygen atoms in total. The molecule has 0 aliphatic heterocycles. The average Bonchev–Trinajstić information content (AvgIpc) is 3.16. The first kappa shape index (κ1) is 25.0. The highest BCUT2D eigenvalue weighted by Crippen LogP contribution is 2.44. The van der Waals surface area contributed by atoms with E-state index in [-0.39, 0.29) is 18.9 Å². The number of rotatable bonds is 12. The Morgan fingerprint density at radius 2 is 1.62 bits per heavy atom. The van der Waals surface area contributed by atoms with E-state index in [1.807, 2.05) is 43.3 Å². The van der Waals surface area contributed by atoms with Crippen molar-refractivity contribution in [3.63, 3.8) is 0 Å². The van der Waals surface area contributed by atoms with Crippen molar-refractivity contribution in [1.82, 2.24) is 10.6 Å². The fourth-order valence-electron chi connectivity index (χ4n) is 4.27. The van der Waals surface area contributed by atoms with Crippen molar-refractivity contribution in [2.45, 2.75) is 57.0 Å². The quantitative estimate of drug-likeness (QED) is 0.398. The van der Waals surface area contributed by atoms with Crippen LogP contribution in [0.1, 0.15) is 56.1 Å². The Kier molecular flexibility index (Phi) is 8.85. The molecule has 2 aromatic carbocycles. The van der Waals surface area contributed by atoms with Crippen molar-refractivity contribution in [2.75, 3.05) is 6.61 Å². The predicted octanol–water partition coefficient (Wildman–Crippen LogP) is 4.62. The summed E-state index contributed by atoms with van der Waals surface area (Å²) >= 11 is 0. The number of hydrogen-bond acceptors (Lipinski definition) is 4. The molecule has 0 saturated carbocycles. The molecule has 3 N–H and O–H groups in total. The number of fused-ring (bicyclic) bond motifs is 3.